The molecule has 0 saturated carbocycles. The zero-order chi connectivity index (χ0) is 18.9. The lowest BCUT2D eigenvalue weighted by atomic mass is 10.1. The largest absolute Gasteiger partial charge is 0.490 e. The van der Waals surface area contributed by atoms with Crippen LogP contribution >= 0.6 is 0 Å². The lowest BCUT2D eigenvalue weighted by Crippen LogP contribution is -2.18. The quantitative estimate of drug-likeness (QED) is 0.714. The molecule has 0 spiro atoms. The average molecular weight is 356 g/mol. The second-order valence-electron chi connectivity index (χ2n) is 5.95. The van der Waals surface area contributed by atoms with Crippen LogP contribution in [0.1, 0.15) is 37.6 Å². The molecule has 140 valence electrons. The first-order chi connectivity index (χ1) is 12.6. The van der Waals surface area contributed by atoms with Gasteiger partial charge in [0.05, 0.1) is 13.2 Å². The highest BCUT2D eigenvalue weighted by Gasteiger charge is 2.10. The standard InChI is InChI=1S/C21H28N2O3/c1-5-14-23(4)18-11-8-16(9-12-18)21(24)22-17-10-13-19(25-6-2)20(15-17)26-7-3/h8-13,15H,5-7,14H2,1-4H3,(H,22,24). The van der Waals surface area contributed by atoms with Gasteiger partial charge in [-0.2, -0.15) is 0 Å². The van der Waals surface area contributed by atoms with Crippen molar-refractivity contribution in [3.8, 4) is 11.5 Å². The van der Waals surface area contributed by atoms with Gasteiger partial charge in [0.15, 0.2) is 11.5 Å². The smallest absolute Gasteiger partial charge is 0.255 e. The Hall–Kier alpha value is -2.69. The number of nitrogens with one attached hydrogen (secondary N) is 1. The first-order valence-corrected chi connectivity index (χ1v) is 9.11. The fourth-order valence-electron chi connectivity index (χ4n) is 2.66. The normalized spacial score (nSPS) is 10.3. The molecular formula is C21H28N2O3. The van der Waals surface area contributed by atoms with Crippen molar-refractivity contribution in [2.45, 2.75) is 27.2 Å². The number of carbonyl (C=O) groups is 1. The Morgan fingerprint density at radius 1 is 0.962 bits per heavy atom. The van der Waals surface area contributed by atoms with Crippen LogP contribution in [-0.2, 0) is 0 Å². The van der Waals surface area contributed by atoms with E-state index in [1.165, 1.54) is 0 Å². The second kappa shape index (κ2) is 9.70. The molecule has 0 unspecified atom stereocenters. The Balaban J connectivity index is 2.10. The molecule has 0 bridgehead atoms. The van der Waals surface area contributed by atoms with E-state index in [0.29, 0.717) is 36.0 Å². The first kappa shape index (κ1) is 19.6. The van der Waals surface area contributed by atoms with E-state index < -0.39 is 0 Å². The van der Waals surface area contributed by atoms with Crippen LogP contribution in [0.2, 0.25) is 0 Å². The number of ether oxygens (including phenoxy) is 2. The van der Waals surface area contributed by atoms with Crippen LogP contribution in [0, 0.1) is 0 Å². The fourth-order valence-corrected chi connectivity index (χ4v) is 2.66. The number of rotatable bonds is 9. The topological polar surface area (TPSA) is 50.8 Å². The Labute approximate surface area is 155 Å². The van der Waals surface area contributed by atoms with Crippen LogP contribution in [0.15, 0.2) is 42.5 Å². The van der Waals surface area contributed by atoms with Crippen molar-refractivity contribution in [2.75, 3.05) is 37.0 Å². The molecule has 0 saturated heterocycles. The van der Waals surface area contributed by atoms with Crippen molar-refractivity contribution in [1.82, 2.24) is 0 Å². The summed E-state index contributed by atoms with van der Waals surface area (Å²) in [6.45, 7) is 8.06. The Bertz CT molecular complexity index is 714. The molecule has 0 heterocycles. The Morgan fingerprint density at radius 3 is 2.23 bits per heavy atom. The van der Waals surface area contributed by atoms with Gasteiger partial charge in [-0.15, -0.1) is 0 Å². The van der Waals surface area contributed by atoms with Crippen LogP contribution < -0.4 is 19.7 Å². The van der Waals surface area contributed by atoms with E-state index in [9.17, 15) is 4.79 Å². The molecule has 2 aromatic carbocycles. The van der Waals surface area contributed by atoms with Gasteiger partial charge in [-0.25, -0.2) is 0 Å². The van der Waals surface area contributed by atoms with Gasteiger partial charge >= 0.3 is 0 Å². The van der Waals surface area contributed by atoms with Crippen molar-refractivity contribution < 1.29 is 14.3 Å². The molecule has 5 nitrogen and oxygen atoms in total. The number of benzene rings is 2. The monoisotopic (exact) mass is 356 g/mol. The molecule has 2 rings (SSSR count). The zero-order valence-corrected chi connectivity index (χ0v) is 16.0. The van der Waals surface area contributed by atoms with Gasteiger partial charge in [-0.3, -0.25) is 4.79 Å². The molecule has 26 heavy (non-hydrogen) atoms. The summed E-state index contributed by atoms with van der Waals surface area (Å²) in [7, 11) is 2.05. The van der Waals surface area contributed by atoms with Gasteiger partial charge in [0.1, 0.15) is 0 Å². The molecule has 5 heteroatoms. The average Bonchev–Trinajstić information content (AvgIpc) is 2.64. The predicted octanol–water partition coefficient (Wildman–Crippen LogP) is 4.58. The van der Waals surface area contributed by atoms with Crippen LogP contribution in [0.5, 0.6) is 11.5 Å². The minimum atomic E-state index is -0.152. The second-order valence-corrected chi connectivity index (χ2v) is 5.95. The van der Waals surface area contributed by atoms with Crippen LogP contribution in [0.25, 0.3) is 0 Å². The summed E-state index contributed by atoms with van der Waals surface area (Å²) in [5.41, 5.74) is 2.39. The van der Waals surface area contributed by atoms with Crippen LogP contribution in [0.3, 0.4) is 0 Å². The summed E-state index contributed by atoms with van der Waals surface area (Å²) in [5, 5.41) is 2.91. The highest BCUT2D eigenvalue weighted by molar-refractivity contribution is 6.04. The van der Waals surface area contributed by atoms with Crippen LogP contribution in [0.4, 0.5) is 11.4 Å². The molecule has 0 fully saturated rings. The van der Waals surface area contributed by atoms with Gasteiger partial charge in [0.25, 0.3) is 5.91 Å². The third-order valence-electron chi connectivity index (χ3n) is 3.93. The van der Waals surface area contributed by atoms with E-state index in [1.54, 1.807) is 6.07 Å². The van der Waals surface area contributed by atoms with Gasteiger partial charge in [0.2, 0.25) is 0 Å². The maximum atomic E-state index is 12.5. The number of carbonyl (C=O) groups excluding carboxylic acids is 1. The van der Waals surface area contributed by atoms with E-state index in [0.717, 1.165) is 18.7 Å². The maximum Gasteiger partial charge on any atom is 0.255 e. The van der Waals surface area contributed by atoms with E-state index >= 15 is 0 Å². The van der Waals surface area contributed by atoms with Gasteiger partial charge in [0, 0.05) is 36.6 Å². The third-order valence-corrected chi connectivity index (χ3v) is 3.93. The van der Waals surface area contributed by atoms with Crippen molar-refractivity contribution in [3.63, 3.8) is 0 Å². The Kier molecular flexibility index (Phi) is 7.33. The molecule has 2 aromatic rings. The minimum absolute atomic E-state index is 0.152. The molecule has 0 aliphatic carbocycles. The number of hydrogen-bond acceptors (Lipinski definition) is 4. The molecule has 0 radical (unpaired) electrons. The molecule has 0 atom stereocenters. The lowest BCUT2D eigenvalue weighted by Gasteiger charge is -2.18. The summed E-state index contributed by atoms with van der Waals surface area (Å²) in [4.78, 5) is 14.7. The minimum Gasteiger partial charge on any atom is -0.490 e. The number of anilines is 2. The summed E-state index contributed by atoms with van der Waals surface area (Å²) in [6, 6.07) is 13.0. The maximum absolute atomic E-state index is 12.5. The van der Waals surface area contributed by atoms with Crippen molar-refractivity contribution in [3.05, 3.63) is 48.0 Å². The lowest BCUT2D eigenvalue weighted by molar-refractivity contribution is 0.102. The summed E-state index contributed by atoms with van der Waals surface area (Å²) >= 11 is 0. The molecule has 1 N–H and O–H groups in total. The summed E-state index contributed by atoms with van der Waals surface area (Å²) < 4.78 is 11.1. The zero-order valence-electron chi connectivity index (χ0n) is 16.0. The Morgan fingerprint density at radius 2 is 1.62 bits per heavy atom. The number of amides is 1. The highest BCUT2D eigenvalue weighted by atomic mass is 16.5. The van der Waals surface area contributed by atoms with Crippen molar-refractivity contribution in [2.24, 2.45) is 0 Å². The molecule has 0 aliphatic heterocycles. The third kappa shape index (κ3) is 5.15. The van der Waals surface area contributed by atoms with E-state index in [4.69, 9.17) is 9.47 Å². The van der Waals surface area contributed by atoms with Gasteiger partial charge < -0.3 is 19.7 Å². The van der Waals surface area contributed by atoms with E-state index in [1.807, 2.05) is 57.3 Å². The van der Waals surface area contributed by atoms with Crippen LogP contribution in [-0.4, -0.2) is 32.7 Å². The van der Waals surface area contributed by atoms with Crippen molar-refractivity contribution >= 4 is 17.3 Å². The number of nitrogens with zero attached hydrogens (tertiary/aromatic N) is 1. The number of hydrogen-bond donors (Lipinski definition) is 1. The summed E-state index contributed by atoms with van der Waals surface area (Å²) in [6.07, 6.45) is 1.08. The first-order valence-electron chi connectivity index (χ1n) is 9.11. The fraction of sp³-hybridized carbons (Fsp3) is 0.381. The molecule has 1 amide bonds. The van der Waals surface area contributed by atoms with E-state index in [-0.39, 0.29) is 5.91 Å². The van der Waals surface area contributed by atoms with E-state index in [2.05, 4.69) is 17.1 Å². The SMILES string of the molecule is CCCN(C)c1ccc(C(=O)Nc2ccc(OCC)c(OCC)c2)cc1. The van der Waals surface area contributed by atoms with Gasteiger partial charge in [-0.1, -0.05) is 6.92 Å². The van der Waals surface area contributed by atoms with Gasteiger partial charge in [-0.05, 0) is 56.7 Å². The van der Waals surface area contributed by atoms with Crippen molar-refractivity contribution in [1.29, 1.82) is 0 Å². The highest BCUT2D eigenvalue weighted by Crippen LogP contribution is 2.30. The molecule has 0 aliphatic rings. The predicted molar refractivity (Wildman–Crippen MR) is 107 cm³/mol. The molecular weight excluding hydrogens is 328 g/mol. The summed E-state index contributed by atoms with van der Waals surface area (Å²) in [5.74, 6) is 1.15. The molecule has 0 aromatic heterocycles.